The van der Waals surface area contributed by atoms with E-state index in [4.69, 9.17) is 28.1 Å². The summed E-state index contributed by atoms with van der Waals surface area (Å²) in [5.74, 6) is 0.813. The van der Waals surface area contributed by atoms with Gasteiger partial charge in [-0.05, 0) is 44.2 Å². The zero-order chi connectivity index (χ0) is 32.1. The Morgan fingerprint density at radius 3 is 2.49 bits per heavy atom. The maximum atomic E-state index is 14.1. The first-order valence-corrected chi connectivity index (χ1v) is 14.9. The topological polar surface area (TPSA) is 128 Å². The number of fused-ring (bicyclic) bond motifs is 1. The SMILES string of the molecule is CCOc1c(OC)cccc1[C@H]1C(C(=O)OCCOC)=C(C)N=c2s/c(=C/c3ccc(-c4ccc(C(=O)OC)cc4)o3)c(=O)n21. The van der Waals surface area contributed by atoms with Gasteiger partial charge < -0.3 is 28.1 Å². The molecule has 0 N–H and O–H groups in total. The van der Waals surface area contributed by atoms with Gasteiger partial charge in [-0.15, -0.1) is 0 Å². The van der Waals surface area contributed by atoms with E-state index in [1.54, 1.807) is 67.6 Å². The third-order valence-electron chi connectivity index (χ3n) is 7.07. The molecule has 0 bridgehead atoms. The van der Waals surface area contributed by atoms with Crippen LogP contribution in [0.3, 0.4) is 0 Å². The van der Waals surface area contributed by atoms with Gasteiger partial charge in [0.05, 0.1) is 48.8 Å². The highest BCUT2D eigenvalue weighted by molar-refractivity contribution is 7.07. The average molecular weight is 633 g/mol. The van der Waals surface area contributed by atoms with E-state index in [9.17, 15) is 14.4 Å². The summed E-state index contributed by atoms with van der Waals surface area (Å²) in [6.45, 7) is 4.13. The molecule has 0 amide bonds. The van der Waals surface area contributed by atoms with Crippen LogP contribution in [0.2, 0.25) is 0 Å². The monoisotopic (exact) mass is 632 g/mol. The van der Waals surface area contributed by atoms with Crippen LogP contribution in [-0.4, -0.2) is 57.7 Å². The second-order valence-electron chi connectivity index (χ2n) is 9.79. The molecule has 45 heavy (non-hydrogen) atoms. The van der Waals surface area contributed by atoms with Crippen LogP contribution in [0.1, 0.15) is 41.6 Å². The number of para-hydroxylation sites is 1. The van der Waals surface area contributed by atoms with Crippen molar-refractivity contribution in [2.24, 2.45) is 4.99 Å². The quantitative estimate of drug-likeness (QED) is 0.179. The predicted molar refractivity (Wildman–Crippen MR) is 166 cm³/mol. The number of furan rings is 1. The minimum atomic E-state index is -0.907. The van der Waals surface area contributed by atoms with Crippen molar-refractivity contribution in [2.75, 3.05) is 41.2 Å². The predicted octanol–water partition coefficient (Wildman–Crippen LogP) is 3.88. The normalized spacial score (nSPS) is 14.5. The van der Waals surface area contributed by atoms with Gasteiger partial charge in [-0.25, -0.2) is 14.6 Å². The van der Waals surface area contributed by atoms with E-state index in [0.29, 0.717) is 55.8 Å². The molecule has 0 spiro atoms. The third-order valence-corrected chi connectivity index (χ3v) is 8.05. The van der Waals surface area contributed by atoms with Crippen LogP contribution in [0.15, 0.2) is 80.1 Å². The van der Waals surface area contributed by atoms with E-state index in [1.165, 1.54) is 37.2 Å². The Morgan fingerprint density at radius 2 is 1.80 bits per heavy atom. The standard InChI is InChI=1S/C33H32N2O9S/c1-6-42-29-23(8-7-9-25(29)40-4)28-27(32(38)43-17-16-39-3)19(2)34-33-35(28)30(36)26(45-33)18-22-14-15-24(44-22)20-10-12-21(13-11-20)31(37)41-5/h7-15,18,28H,6,16-17H2,1-5H3/b26-18+/t28-/m0/s1. The van der Waals surface area contributed by atoms with E-state index < -0.39 is 18.0 Å². The van der Waals surface area contributed by atoms with Crippen LogP contribution in [0, 0.1) is 0 Å². The number of hydrogen-bond acceptors (Lipinski definition) is 11. The number of methoxy groups -OCH3 is 3. The van der Waals surface area contributed by atoms with Crippen molar-refractivity contribution >= 4 is 29.4 Å². The number of thiazole rings is 1. The maximum Gasteiger partial charge on any atom is 0.338 e. The largest absolute Gasteiger partial charge is 0.493 e. The van der Waals surface area contributed by atoms with Gasteiger partial charge in [-0.3, -0.25) is 9.36 Å². The number of hydrogen-bond donors (Lipinski definition) is 0. The summed E-state index contributed by atoms with van der Waals surface area (Å²) in [7, 11) is 4.37. The molecule has 0 aliphatic carbocycles. The Hall–Kier alpha value is -4.94. The molecule has 11 nitrogen and oxygen atoms in total. The highest BCUT2D eigenvalue weighted by atomic mass is 32.1. The van der Waals surface area contributed by atoms with Crippen molar-refractivity contribution < 1.29 is 37.7 Å². The summed E-state index contributed by atoms with van der Waals surface area (Å²) in [6.07, 6.45) is 1.64. The molecule has 0 radical (unpaired) electrons. The number of esters is 2. The first-order chi connectivity index (χ1) is 21.8. The summed E-state index contributed by atoms with van der Waals surface area (Å²) in [5, 5.41) is 0. The van der Waals surface area contributed by atoms with Crippen LogP contribution >= 0.6 is 11.3 Å². The van der Waals surface area contributed by atoms with Gasteiger partial charge in [0.1, 0.15) is 24.2 Å². The van der Waals surface area contributed by atoms with Crippen molar-refractivity contribution in [3.05, 3.63) is 102 Å². The summed E-state index contributed by atoms with van der Waals surface area (Å²) >= 11 is 1.17. The Morgan fingerprint density at radius 1 is 1.02 bits per heavy atom. The molecule has 2 aromatic heterocycles. The number of benzene rings is 2. The molecule has 234 valence electrons. The minimum absolute atomic E-state index is 0.0337. The van der Waals surface area contributed by atoms with Crippen molar-refractivity contribution in [2.45, 2.75) is 19.9 Å². The molecule has 12 heteroatoms. The molecule has 3 heterocycles. The van der Waals surface area contributed by atoms with Crippen LogP contribution in [0.5, 0.6) is 11.5 Å². The van der Waals surface area contributed by atoms with E-state index in [1.807, 2.05) is 6.92 Å². The van der Waals surface area contributed by atoms with Gasteiger partial charge in [-0.2, -0.15) is 0 Å². The van der Waals surface area contributed by atoms with Gasteiger partial charge in [0, 0.05) is 24.3 Å². The Balaban J connectivity index is 1.61. The molecular weight excluding hydrogens is 600 g/mol. The van der Waals surface area contributed by atoms with Gasteiger partial charge >= 0.3 is 11.9 Å². The minimum Gasteiger partial charge on any atom is -0.493 e. The van der Waals surface area contributed by atoms with Crippen LogP contribution < -0.4 is 24.4 Å². The molecule has 2 aromatic carbocycles. The molecule has 1 aliphatic heterocycles. The lowest BCUT2D eigenvalue weighted by Crippen LogP contribution is -2.40. The number of nitrogens with zero attached hydrogens (tertiary/aromatic N) is 2. The fourth-order valence-electron chi connectivity index (χ4n) is 4.98. The highest BCUT2D eigenvalue weighted by Gasteiger charge is 2.36. The Labute approximate surface area is 262 Å². The number of allylic oxidation sites excluding steroid dienone is 1. The molecule has 1 aliphatic rings. The first-order valence-electron chi connectivity index (χ1n) is 14.1. The number of carbonyl (C=O) groups is 2. The Bertz CT molecular complexity index is 1930. The summed E-state index contributed by atoms with van der Waals surface area (Å²) < 4.78 is 34.8. The van der Waals surface area contributed by atoms with Crippen LogP contribution in [0.25, 0.3) is 17.4 Å². The van der Waals surface area contributed by atoms with E-state index in [2.05, 4.69) is 4.99 Å². The molecule has 0 fully saturated rings. The smallest absolute Gasteiger partial charge is 0.338 e. The molecule has 4 aromatic rings. The van der Waals surface area contributed by atoms with Crippen molar-refractivity contribution in [1.82, 2.24) is 4.57 Å². The molecular formula is C33H32N2O9S. The molecule has 5 rings (SSSR count). The van der Waals surface area contributed by atoms with E-state index in [-0.39, 0.29) is 24.3 Å². The zero-order valence-corrected chi connectivity index (χ0v) is 26.3. The number of rotatable bonds is 11. The number of aromatic nitrogens is 1. The van der Waals surface area contributed by atoms with Crippen molar-refractivity contribution in [1.29, 1.82) is 0 Å². The fourth-order valence-corrected chi connectivity index (χ4v) is 6.01. The molecule has 0 saturated carbocycles. The van der Waals surface area contributed by atoms with Crippen LogP contribution in [0.4, 0.5) is 0 Å². The number of carbonyl (C=O) groups excluding carboxylic acids is 2. The second kappa shape index (κ2) is 13.8. The third kappa shape index (κ3) is 6.33. The van der Waals surface area contributed by atoms with Gasteiger partial charge in [0.2, 0.25) is 0 Å². The van der Waals surface area contributed by atoms with E-state index >= 15 is 0 Å². The molecule has 0 saturated heterocycles. The average Bonchev–Trinajstić information content (AvgIpc) is 3.64. The lowest BCUT2D eigenvalue weighted by Gasteiger charge is -2.27. The lowest BCUT2D eigenvalue weighted by atomic mass is 9.94. The second-order valence-corrected chi connectivity index (χ2v) is 10.8. The van der Waals surface area contributed by atoms with Gasteiger partial charge in [0.15, 0.2) is 16.3 Å². The molecule has 0 unspecified atom stereocenters. The summed E-state index contributed by atoms with van der Waals surface area (Å²) in [6, 6.07) is 14.7. The first kappa shape index (κ1) is 31.5. The number of ether oxygens (including phenoxy) is 5. The van der Waals surface area contributed by atoms with Gasteiger partial charge in [-0.1, -0.05) is 35.6 Å². The van der Waals surface area contributed by atoms with Crippen molar-refractivity contribution in [3.63, 3.8) is 0 Å². The van der Waals surface area contributed by atoms with Crippen molar-refractivity contribution in [3.8, 4) is 22.8 Å². The highest BCUT2D eigenvalue weighted by Crippen LogP contribution is 2.40. The fraction of sp³-hybridized carbons (Fsp3) is 0.273. The lowest BCUT2D eigenvalue weighted by molar-refractivity contribution is -0.140. The Kier molecular flexibility index (Phi) is 9.65. The summed E-state index contributed by atoms with van der Waals surface area (Å²) in [5.41, 5.74) is 1.96. The molecule has 1 atom stereocenters. The van der Waals surface area contributed by atoms with Crippen LogP contribution in [-0.2, 0) is 19.0 Å². The zero-order valence-electron chi connectivity index (χ0n) is 25.4. The van der Waals surface area contributed by atoms with Gasteiger partial charge in [0.25, 0.3) is 5.56 Å². The maximum absolute atomic E-state index is 14.1. The van der Waals surface area contributed by atoms with E-state index in [0.717, 1.165) is 5.56 Å². The summed E-state index contributed by atoms with van der Waals surface area (Å²) in [4.78, 5) is 44.4.